The lowest BCUT2D eigenvalue weighted by molar-refractivity contribution is 0.423. The van der Waals surface area contributed by atoms with Crippen LogP contribution in [0.15, 0.2) is 34.0 Å². The topological polar surface area (TPSA) is 97.1 Å². The van der Waals surface area contributed by atoms with Gasteiger partial charge in [0.1, 0.15) is 17.0 Å². The van der Waals surface area contributed by atoms with Gasteiger partial charge in [0.15, 0.2) is 5.82 Å². The molecule has 0 saturated heterocycles. The first-order valence-corrected chi connectivity index (χ1v) is 7.71. The fourth-order valence-corrected chi connectivity index (χ4v) is 2.66. The zero-order valence-corrected chi connectivity index (χ0v) is 12.2. The Kier molecular flexibility index (Phi) is 4.46. The lowest BCUT2D eigenvalue weighted by Gasteiger charge is -2.09. The molecule has 7 nitrogen and oxygen atoms in total. The fraction of sp³-hybridized carbons (Fsp3) is 0.273. The Hall–Kier alpha value is -1.80. The Labute approximate surface area is 121 Å². The van der Waals surface area contributed by atoms with Crippen molar-refractivity contribution in [2.24, 2.45) is 0 Å². The van der Waals surface area contributed by atoms with Gasteiger partial charge < -0.3 is 9.84 Å². The van der Waals surface area contributed by atoms with Crippen molar-refractivity contribution in [1.82, 2.24) is 10.1 Å². The standard InChI is InChI=1S/C11H13ClN4O3S/c1-2-4-13-11-9(12)6-8(7-14-11)20(17,18)16-10-3-5-19-15-10/h3,5-7H,2,4H2,1H3,(H,13,14)(H,15,16). The molecule has 2 rings (SSSR count). The lowest BCUT2D eigenvalue weighted by atomic mass is 10.4. The normalized spacial score (nSPS) is 11.3. The maximum absolute atomic E-state index is 12.1. The maximum atomic E-state index is 12.1. The van der Waals surface area contributed by atoms with Gasteiger partial charge in [-0.25, -0.2) is 13.4 Å². The van der Waals surface area contributed by atoms with Crippen LogP contribution >= 0.6 is 11.6 Å². The van der Waals surface area contributed by atoms with Gasteiger partial charge >= 0.3 is 0 Å². The zero-order chi connectivity index (χ0) is 14.6. The van der Waals surface area contributed by atoms with E-state index in [2.05, 4.69) is 24.7 Å². The minimum atomic E-state index is -3.79. The number of rotatable bonds is 6. The Morgan fingerprint density at radius 1 is 1.45 bits per heavy atom. The van der Waals surface area contributed by atoms with E-state index in [0.29, 0.717) is 12.4 Å². The summed E-state index contributed by atoms with van der Waals surface area (Å²) in [6, 6.07) is 2.72. The van der Waals surface area contributed by atoms with E-state index in [-0.39, 0.29) is 15.7 Å². The van der Waals surface area contributed by atoms with Gasteiger partial charge in [0, 0.05) is 18.8 Å². The lowest BCUT2D eigenvalue weighted by Crippen LogP contribution is -2.14. The summed E-state index contributed by atoms with van der Waals surface area (Å²) in [5.74, 6) is 0.545. The van der Waals surface area contributed by atoms with Gasteiger partial charge in [-0.15, -0.1) is 0 Å². The van der Waals surface area contributed by atoms with Crippen LogP contribution in [-0.2, 0) is 10.0 Å². The molecule has 20 heavy (non-hydrogen) atoms. The average Bonchev–Trinajstić information content (AvgIpc) is 2.89. The van der Waals surface area contributed by atoms with Crippen molar-refractivity contribution in [1.29, 1.82) is 0 Å². The second-order valence-corrected chi connectivity index (χ2v) is 6.01. The van der Waals surface area contributed by atoms with Crippen LogP contribution in [0.2, 0.25) is 5.02 Å². The molecule has 0 bridgehead atoms. The highest BCUT2D eigenvalue weighted by atomic mass is 35.5. The first-order valence-electron chi connectivity index (χ1n) is 5.85. The Morgan fingerprint density at radius 2 is 2.25 bits per heavy atom. The van der Waals surface area contributed by atoms with Crippen molar-refractivity contribution in [3.63, 3.8) is 0 Å². The fourth-order valence-electron chi connectivity index (χ4n) is 1.40. The molecular formula is C11H13ClN4O3S. The number of nitrogens with one attached hydrogen (secondary N) is 2. The SMILES string of the molecule is CCCNc1ncc(S(=O)(=O)Nc2ccon2)cc1Cl. The monoisotopic (exact) mass is 316 g/mol. The number of hydrogen-bond acceptors (Lipinski definition) is 6. The van der Waals surface area contributed by atoms with Crippen LogP contribution < -0.4 is 10.0 Å². The third-order valence-electron chi connectivity index (χ3n) is 2.35. The Morgan fingerprint density at radius 3 is 2.85 bits per heavy atom. The largest absolute Gasteiger partial charge is 0.369 e. The number of halogens is 1. The van der Waals surface area contributed by atoms with Gasteiger partial charge in [-0.1, -0.05) is 23.7 Å². The molecule has 2 heterocycles. The van der Waals surface area contributed by atoms with E-state index < -0.39 is 10.0 Å². The minimum absolute atomic E-state index is 0.0486. The zero-order valence-electron chi connectivity index (χ0n) is 10.6. The van der Waals surface area contributed by atoms with Gasteiger partial charge in [0.05, 0.1) is 5.02 Å². The van der Waals surface area contributed by atoms with E-state index in [9.17, 15) is 8.42 Å². The molecule has 0 aromatic carbocycles. The van der Waals surface area contributed by atoms with E-state index in [1.54, 1.807) is 0 Å². The van der Waals surface area contributed by atoms with Crippen molar-refractivity contribution in [3.8, 4) is 0 Å². The molecule has 0 aliphatic carbocycles. The predicted molar refractivity (Wildman–Crippen MR) is 75.3 cm³/mol. The van der Waals surface area contributed by atoms with Crippen LogP contribution in [-0.4, -0.2) is 25.1 Å². The Bertz CT molecular complexity index is 673. The van der Waals surface area contributed by atoms with Gasteiger partial charge in [0.2, 0.25) is 0 Å². The molecule has 0 saturated carbocycles. The molecule has 9 heteroatoms. The van der Waals surface area contributed by atoms with Gasteiger partial charge in [-0.3, -0.25) is 4.72 Å². The molecule has 0 fully saturated rings. The highest BCUT2D eigenvalue weighted by Gasteiger charge is 2.17. The van der Waals surface area contributed by atoms with Crippen LogP contribution in [0.4, 0.5) is 11.6 Å². The van der Waals surface area contributed by atoms with Crippen LogP contribution in [0.25, 0.3) is 0 Å². The summed E-state index contributed by atoms with van der Waals surface area (Å²) in [6.45, 7) is 2.71. The van der Waals surface area contributed by atoms with Gasteiger partial charge in [-0.05, 0) is 12.5 Å². The molecule has 0 radical (unpaired) electrons. The third-order valence-corrected chi connectivity index (χ3v) is 3.96. The third kappa shape index (κ3) is 3.40. The molecule has 2 N–H and O–H groups in total. The predicted octanol–water partition coefficient (Wildman–Crippen LogP) is 2.35. The molecule has 0 aliphatic rings. The number of pyridine rings is 1. The number of hydrogen-bond donors (Lipinski definition) is 2. The van der Waals surface area contributed by atoms with Crippen molar-refractivity contribution >= 4 is 33.3 Å². The van der Waals surface area contributed by atoms with E-state index in [0.717, 1.165) is 6.42 Å². The minimum Gasteiger partial charge on any atom is -0.369 e. The number of nitrogens with zero attached hydrogens (tertiary/aromatic N) is 2. The van der Waals surface area contributed by atoms with E-state index in [4.69, 9.17) is 11.6 Å². The summed E-state index contributed by atoms with van der Waals surface area (Å²) in [5.41, 5.74) is 0. The molecule has 0 spiro atoms. The number of sulfonamides is 1. The smallest absolute Gasteiger partial charge is 0.264 e. The van der Waals surface area contributed by atoms with E-state index in [1.165, 1.54) is 24.6 Å². The highest BCUT2D eigenvalue weighted by molar-refractivity contribution is 7.92. The van der Waals surface area contributed by atoms with Gasteiger partial charge in [-0.2, -0.15) is 0 Å². The first-order chi connectivity index (χ1) is 9.53. The van der Waals surface area contributed by atoms with E-state index in [1.807, 2.05) is 6.92 Å². The molecular weight excluding hydrogens is 304 g/mol. The molecule has 0 unspecified atom stereocenters. The number of aromatic nitrogens is 2. The first kappa shape index (κ1) is 14.6. The van der Waals surface area contributed by atoms with Crippen LogP contribution in [0.5, 0.6) is 0 Å². The number of anilines is 2. The quantitative estimate of drug-likeness (QED) is 0.849. The Balaban J connectivity index is 2.22. The van der Waals surface area contributed by atoms with Crippen molar-refractivity contribution in [2.75, 3.05) is 16.6 Å². The molecule has 108 valence electrons. The molecule has 2 aromatic rings. The summed E-state index contributed by atoms with van der Waals surface area (Å²) >= 11 is 6.00. The van der Waals surface area contributed by atoms with Crippen molar-refractivity contribution in [3.05, 3.63) is 29.6 Å². The molecule has 2 aromatic heterocycles. The second kappa shape index (κ2) is 6.10. The maximum Gasteiger partial charge on any atom is 0.264 e. The van der Waals surface area contributed by atoms with Crippen molar-refractivity contribution in [2.45, 2.75) is 18.2 Å². The van der Waals surface area contributed by atoms with Crippen LogP contribution in [0.3, 0.4) is 0 Å². The highest BCUT2D eigenvalue weighted by Crippen LogP contribution is 2.23. The molecule has 0 atom stereocenters. The summed E-state index contributed by atoms with van der Waals surface area (Å²) < 4.78 is 30.9. The van der Waals surface area contributed by atoms with Crippen molar-refractivity contribution < 1.29 is 12.9 Å². The van der Waals surface area contributed by atoms with Crippen LogP contribution in [0.1, 0.15) is 13.3 Å². The van der Waals surface area contributed by atoms with E-state index >= 15 is 0 Å². The average molecular weight is 317 g/mol. The summed E-state index contributed by atoms with van der Waals surface area (Å²) in [5, 5.41) is 6.72. The molecule has 0 amide bonds. The molecule has 0 aliphatic heterocycles. The van der Waals surface area contributed by atoms with Gasteiger partial charge in [0.25, 0.3) is 10.0 Å². The second-order valence-electron chi connectivity index (χ2n) is 3.92. The summed E-state index contributed by atoms with van der Waals surface area (Å²) in [7, 11) is -3.79. The van der Waals surface area contributed by atoms with Crippen LogP contribution in [0, 0.1) is 0 Å². The summed E-state index contributed by atoms with van der Waals surface area (Å²) in [4.78, 5) is 3.96. The summed E-state index contributed by atoms with van der Waals surface area (Å²) in [6.07, 6.45) is 3.40.